The van der Waals surface area contributed by atoms with Crippen molar-refractivity contribution in [3.05, 3.63) is 30.3 Å². The molecule has 0 aromatic heterocycles. The number of rotatable bonds is 6. The summed E-state index contributed by atoms with van der Waals surface area (Å²) in [6.45, 7) is 0.424. The molecule has 0 atom stereocenters. The third kappa shape index (κ3) is 3.54. The molecule has 3 nitrogen and oxygen atoms in total. The van der Waals surface area contributed by atoms with E-state index in [1.165, 1.54) is 19.3 Å². The molecule has 0 N–H and O–H groups in total. The highest BCUT2D eigenvalue weighted by Crippen LogP contribution is 2.30. The molecule has 2 rings (SSSR count). The molecule has 0 bridgehead atoms. The fourth-order valence-electron chi connectivity index (χ4n) is 2.01. The molecule has 1 aliphatic carbocycles. The summed E-state index contributed by atoms with van der Waals surface area (Å²) in [4.78, 5) is 0.295. The Morgan fingerprint density at radius 1 is 1.18 bits per heavy atom. The molecule has 0 spiro atoms. The summed E-state index contributed by atoms with van der Waals surface area (Å²) >= 11 is 0. The molecule has 4 heteroatoms. The fourth-order valence-corrected chi connectivity index (χ4v) is 3.03. The smallest absolute Gasteiger partial charge is 0.206 e. The molecule has 1 aromatic rings. The molecule has 1 radical (unpaired) electrons. The lowest BCUT2D eigenvalue weighted by molar-refractivity contribution is 0.290. The van der Waals surface area contributed by atoms with Crippen molar-refractivity contribution in [1.29, 1.82) is 0 Å². The molecule has 93 valence electrons. The zero-order chi connectivity index (χ0) is 12.1. The van der Waals surface area contributed by atoms with E-state index in [0.29, 0.717) is 11.4 Å². The Bertz CT molecular complexity index is 438. The highest BCUT2D eigenvalue weighted by molar-refractivity contribution is 7.89. The second-order valence-electron chi connectivity index (χ2n) is 4.58. The summed E-state index contributed by atoms with van der Waals surface area (Å²) in [5, 5.41) is 0. The van der Waals surface area contributed by atoms with Crippen LogP contribution < -0.4 is 4.72 Å². The molecule has 0 amide bonds. The van der Waals surface area contributed by atoms with Crippen molar-refractivity contribution in [3.8, 4) is 0 Å². The van der Waals surface area contributed by atoms with E-state index in [4.69, 9.17) is 0 Å². The van der Waals surface area contributed by atoms with E-state index in [1.54, 1.807) is 30.3 Å². The Labute approximate surface area is 103 Å². The number of hydrogen-bond donors (Lipinski definition) is 0. The average Bonchev–Trinajstić information content (AvgIpc) is 2.27. The Hall–Kier alpha value is -0.870. The summed E-state index contributed by atoms with van der Waals surface area (Å²) in [6.07, 6.45) is 5.96. The van der Waals surface area contributed by atoms with Gasteiger partial charge in [0.05, 0.1) is 4.90 Å². The maximum absolute atomic E-state index is 11.8. The number of hydrogen-bond acceptors (Lipinski definition) is 2. The predicted octanol–water partition coefficient (Wildman–Crippen LogP) is 2.56. The van der Waals surface area contributed by atoms with E-state index in [1.807, 2.05) is 0 Å². The minimum Gasteiger partial charge on any atom is -0.206 e. The average molecular weight is 252 g/mol. The third-order valence-electron chi connectivity index (χ3n) is 3.30. The van der Waals surface area contributed by atoms with Crippen LogP contribution in [0.25, 0.3) is 0 Å². The first-order valence-corrected chi connectivity index (χ1v) is 7.61. The molecular weight excluding hydrogens is 234 g/mol. The van der Waals surface area contributed by atoms with Crippen LogP contribution in [-0.4, -0.2) is 15.0 Å². The van der Waals surface area contributed by atoms with Gasteiger partial charge in [0, 0.05) is 6.54 Å². The fraction of sp³-hybridized carbons (Fsp3) is 0.538. The van der Waals surface area contributed by atoms with E-state index >= 15 is 0 Å². The zero-order valence-corrected chi connectivity index (χ0v) is 10.7. The lowest BCUT2D eigenvalue weighted by Crippen LogP contribution is -2.19. The van der Waals surface area contributed by atoms with Crippen molar-refractivity contribution >= 4 is 10.0 Å². The van der Waals surface area contributed by atoms with Gasteiger partial charge in [-0.05, 0) is 30.9 Å². The van der Waals surface area contributed by atoms with Crippen LogP contribution in [-0.2, 0) is 10.0 Å². The van der Waals surface area contributed by atoms with Crippen molar-refractivity contribution in [3.63, 3.8) is 0 Å². The van der Waals surface area contributed by atoms with Crippen LogP contribution in [0.5, 0.6) is 0 Å². The van der Waals surface area contributed by atoms with Crippen LogP contribution in [0.1, 0.15) is 32.1 Å². The Morgan fingerprint density at radius 2 is 1.88 bits per heavy atom. The number of benzene rings is 1. The summed E-state index contributed by atoms with van der Waals surface area (Å²) in [7, 11) is -3.42. The maximum atomic E-state index is 11.8. The van der Waals surface area contributed by atoms with Crippen LogP contribution in [0.4, 0.5) is 0 Å². The normalized spacial score (nSPS) is 16.7. The van der Waals surface area contributed by atoms with Gasteiger partial charge in [-0.3, -0.25) is 0 Å². The SMILES string of the molecule is O=S(=O)([N]CCCC1CCC1)c1ccccc1. The van der Waals surface area contributed by atoms with Crippen molar-refractivity contribution in [1.82, 2.24) is 4.72 Å². The number of sulfonamides is 1. The van der Waals surface area contributed by atoms with Gasteiger partial charge in [-0.15, -0.1) is 4.72 Å². The third-order valence-corrected chi connectivity index (χ3v) is 4.69. The van der Waals surface area contributed by atoms with Gasteiger partial charge in [0.25, 0.3) is 10.0 Å². The van der Waals surface area contributed by atoms with E-state index in [2.05, 4.69) is 4.72 Å². The van der Waals surface area contributed by atoms with Crippen LogP contribution in [0.3, 0.4) is 0 Å². The molecule has 0 unspecified atom stereocenters. The van der Waals surface area contributed by atoms with Crippen molar-refractivity contribution in [2.45, 2.75) is 37.0 Å². The van der Waals surface area contributed by atoms with Crippen molar-refractivity contribution in [2.75, 3.05) is 6.54 Å². The van der Waals surface area contributed by atoms with Crippen LogP contribution >= 0.6 is 0 Å². The predicted molar refractivity (Wildman–Crippen MR) is 67.2 cm³/mol. The first-order chi connectivity index (χ1) is 8.18. The second-order valence-corrected chi connectivity index (χ2v) is 6.26. The van der Waals surface area contributed by atoms with E-state index in [-0.39, 0.29) is 0 Å². The van der Waals surface area contributed by atoms with E-state index in [9.17, 15) is 8.42 Å². The van der Waals surface area contributed by atoms with Gasteiger partial charge in [-0.25, -0.2) is 8.42 Å². The van der Waals surface area contributed by atoms with Crippen LogP contribution in [0.2, 0.25) is 0 Å². The highest BCUT2D eigenvalue weighted by Gasteiger charge is 2.18. The minimum atomic E-state index is -3.42. The first kappa shape index (κ1) is 12.6. The molecular formula is C13H18NO2S. The largest absolute Gasteiger partial charge is 0.256 e. The quantitative estimate of drug-likeness (QED) is 0.730. The molecule has 0 heterocycles. The summed E-state index contributed by atoms with van der Waals surface area (Å²) in [5.41, 5.74) is 0. The van der Waals surface area contributed by atoms with Crippen molar-refractivity contribution in [2.24, 2.45) is 5.92 Å². The number of nitrogens with zero attached hydrogens (tertiary/aromatic N) is 1. The van der Waals surface area contributed by atoms with Gasteiger partial charge in [-0.2, -0.15) is 0 Å². The molecule has 1 saturated carbocycles. The molecule has 0 saturated heterocycles. The van der Waals surface area contributed by atoms with Gasteiger partial charge in [0.1, 0.15) is 0 Å². The van der Waals surface area contributed by atoms with Crippen LogP contribution in [0, 0.1) is 5.92 Å². The Morgan fingerprint density at radius 3 is 2.47 bits per heavy atom. The maximum Gasteiger partial charge on any atom is 0.256 e. The van der Waals surface area contributed by atoms with Gasteiger partial charge in [-0.1, -0.05) is 37.5 Å². The topological polar surface area (TPSA) is 48.2 Å². The standard InChI is InChI=1S/C13H18NO2S/c15-17(16,13-9-2-1-3-10-13)14-11-5-8-12-6-4-7-12/h1-3,9-10,12H,4-8,11H2. The zero-order valence-electron chi connectivity index (χ0n) is 9.88. The molecule has 1 aliphatic rings. The monoisotopic (exact) mass is 252 g/mol. The van der Waals surface area contributed by atoms with Gasteiger partial charge in [0.2, 0.25) is 0 Å². The van der Waals surface area contributed by atoms with Gasteiger partial charge >= 0.3 is 0 Å². The van der Waals surface area contributed by atoms with E-state index in [0.717, 1.165) is 18.8 Å². The Kier molecular flexibility index (Phi) is 4.18. The van der Waals surface area contributed by atoms with Crippen LogP contribution in [0.15, 0.2) is 35.2 Å². The summed E-state index contributed by atoms with van der Waals surface area (Å²) in [6, 6.07) is 8.42. The van der Waals surface area contributed by atoms with E-state index < -0.39 is 10.0 Å². The highest BCUT2D eigenvalue weighted by atomic mass is 32.2. The first-order valence-electron chi connectivity index (χ1n) is 6.17. The lowest BCUT2D eigenvalue weighted by Gasteiger charge is -2.24. The second kappa shape index (κ2) is 5.65. The molecule has 17 heavy (non-hydrogen) atoms. The summed E-state index contributed by atoms with van der Waals surface area (Å²) in [5.74, 6) is 0.824. The molecule has 1 aromatic carbocycles. The summed E-state index contributed by atoms with van der Waals surface area (Å²) < 4.78 is 27.4. The molecule has 0 aliphatic heterocycles. The van der Waals surface area contributed by atoms with Gasteiger partial charge < -0.3 is 0 Å². The van der Waals surface area contributed by atoms with Gasteiger partial charge in [0.15, 0.2) is 0 Å². The van der Waals surface area contributed by atoms with Crippen molar-refractivity contribution < 1.29 is 8.42 Å². The Balaban J connectivity index is 1.77. The molecule has 1 fully saturated rings. The lowest BCUT2D eigenvalue weighted by atomic mass is 9.82. The minimum absolute atomic E-state index is 0.295.